The molecule has 2 heterocycles. The zero-order valence-corrected chi connectivity index (χ0v) is 15.7. The molecule has 2 aliphatic rings. The first-order valence-corrected chi connectivity index (χ1v) is 9.39. The van der Waals surface area contributed by atoms with Gasteiger partial charge in [-0.05, 0) is 50.7 Å². The van der Waals surface area contributed by atoms with Crippen molar-refractivity contribution in [3.8, 4) is 0 Å². The van der Waals surface area contributed by atoms with Gasteiger partial charge >= 0.3 is 0 Å². The Balaban J connectivity index is 1.50. The van der Waals surface area contributed by atoms with Crippen LogP contribution in [0.15, 0.2) is 18.2 Å². The Morgan fingerprint density at radius 1 is 1.31 bits per heavy atom. The first-order chi connectivity index (χ1) is 12.5. The van der Waals surface area contributed by atoms with E-state index in [1.807, 2.05) is 27.0 Å². The summed E-state index contributed by atoms with van der Waals surface area (Å²) in [4.78, 5) is 19.4. The number of H-pyrrole nitrogens is 1. The molecule has 1 saturated carbocycles. The number of hydrogen-bond acceptors (Lipinski definition) is 4. The number of benzene rings is 1. The highest BCUT2D eigenvalue weighted by Crippen LogP contribution is 2.42. The Labute approximate surface area is 154 Å². The molecular weight excluding hydrogens is 328 g/mol. The van der Waals surface area contributed by atoms with Crippen LogP contribution in [-0.4, -0.2) is 52.3 Å². The molecule has 2 fully saturated rings. The van der Waals surface area contributed by atoms with E-state index in [0.29, 0.717) is 19.1 Å². The Hall–Kier alpha value is -2.21. The van der Waals surface area contributed by atoms with E-state index in [4.69, 9.17) is 4.74 Å². The van der Waals surface area contributed by atoms with E-state index in [1.165, 1.54) is 18.4 Å². The summed E-state index contributed by atoms with van der Waals surface area (Å²) in [5.41, 5.74) is 3.16. The molecule has 2 aromatic rings. The molecule has 1 aromatic carbocycles. The molecule has 2 atom stereocenters. The largest absolute Gasteiger partial charge is 0.376 e. The van der Waals surface area contributed by atoms with Crippen molar-refractivity contribution in [1.29, 1.82) is 0 Å². The third kappa shape index (κ3) is 3.38. The summed E-state index contributed by atoms with van der Waals surface area (Å²) in [5.74, 6) is 2.37. The number of likely N-dealkylation sites (N-methyl/N-ethyl adjacent to an activating group) is 1. The molecule has 1 aromatic heterocycles. The second-order valence-corrected chi connectivity index (χ2v) is 7.63. The topological polar surface area (TPSA) is 71.1 Å². The average Bonchev–Trinajstić information content (AvgIpc) is 3.21. The Bertz CT molecular complexity index is 812. The van der Waals surface area contributed by atoms with Crippen LogP contribution in [0.25, 0.3) is 0 Å². The first kappa shape index (κ1) is 17.2. The Morgan fingerprint density at radius 3 is 2.81 bits per heavy atom. The van der Waals surface area contributed by atoms with Crippen LogP contribution in [-0.2, 0) is 4.74 Å². The van der Waals surface area contributed by atoms with Gasteiger partial charge in [0.2, 0.25) is 0 Å². The van der Waals surface area contributed by atoms with E-state index >= 15 is 0 Å². The zero-order valence-electron chi connectivity index (χ0n) is 15.7. The van der Waals surface area contributed by atoms with Crippen LogP contribution in [0.4, 0.5) is 0 Å². The maximum atomic E-state index is 13.1. The average molecular weight is 354 g/mol. The molecule has 0 spiro atoms. The summed E-state index contributed by atoms with van der Waals surface area (Å²) in [6.07, 6.45) is 3.20. The standard InChI is InChI=1S/C20H26N4O2/c1-12-4-7-15(14-5-6-14)17(10-12)20(25)24(3)11-18-16(8-9-26-18)19-21-13(2)22-23-19/h4,7,10,14,16,18H,5-6,8-9,11H2,1-3H3,(H,21,22,23)/t16-,18-/m1/s1. The van der Waals surface area contributed by atoms with Crippen molar-refractivity contribution in [3.63, 3.8) is 0 Å². The van der Waals surface area contributed by atoms with Crippen LogP contribution in [0.3, 0.4) is 0 Å². The number of aryl methyl sites for hydroxylation is 2. The summed E-state index contributed by atoms with van der Waals surface area (Å²) in [6, 6.07) is 6.25. The lowest BCUT2D eigenvalue weighted by molar-refractivity contribution is 0.0549. The minimum absolute atomic E-state index is 0.0617. The first-order valence-electron chi connectivity index (χ1n) is 9.39. The van der Waals surface area contributed by atoms with E-state index in [2.05, 4.69) is 27.3 Å². The fourth-order valence-electron chi connectivity index (χ4n) is 3.81. The number of hydrogen-bond donors (Lipinski definition) is 1. The van der Waals surface area contributed by atoms with Crippen LogP contribution < -0.4 is 0 Å². The molecule has 4 rings (SSSR count). The number of nitrogens with zero attached hydrogens (tertiary/aromatic N) is 3. The molecule has 0 bridgehead atoms. The van der Waals surface area contributed by atoms with Crippen molar-refractivity contribution in [1.82, 2.24) is 20.1 Å². The van der Waals surface area contributed by atoms with Crippen molar-refractivity contribution >= 4 is 5.91 Å². The molecule has 1 saturated heterocycles. The number of nitrogens with one attached hydrogen (secondary N) is 1. The predicted octanol–water partition coefficient (Wildman–Crippen LogP) is 2.94. The lowest BCUT2D eigenvalue weighted by atomic mass is 9.98. The maximum Gasteiger partial charge on any atom is 0.253 e. The van der Waals surface area contributed by atoms with Gasteiger partial charge in [0.1, 0.15) is 5.82 Å². The quantitative estimate of drug-likeness (QED) is 0.896. The number of amides is 1. The van der Waals surface area contributed by atoms with Gasteiger partial charge in [0, 0.05) is 25.8 Å². The van der Waals surface area contributed by atoms with Crippen LogP contribution in [0.1, 0.15) is 64.2 Å². The van der Waals surface area contributed by atoms with Crippen LogP contribution in [0, 0.1) is 13.8 Å². The molecule has 1 aliphatic heterocycles. The molecule has 138 valence electrons. The van der Waals surface area contributed by atoms with Crippen LogP contribution >= 0.6 is 0 Å². The number of aromatic amines is 1. The number of aromatic nitrogens is 3. The Kier molecular flexibility index (Phi) is 4.53. The number of rotatable bonds is 5. The van der Waals surface area contributed by atoms with Gasteiger partial charge in [0.15, 0.2) is 5.82 Å². The predicted molar refractivity (Wildman–Crippen MR) is 98.3 cm³/mol. The zero-order chi connectivity index (χ0) is 18.3. The van der Waals surface area contributed by atoms with Crippen molar-refractivity contribution in [2.75, 3.05) is 20.2 Å². The van der Waals surface area contributed by atoms with Gasteiger partial charge in [-0.1, -0.05) is 17.7 Å². The second kappa shape index (κ2) is 6.83. The van der Waals surface area contributed by atoms with Crippen molar-refractivity contribution < 1.29 is 9.53 Å². The normalized spacial score (nSPS) is 22.6. The van der Waals surface area contributed by atoms with E-state index in [9.17, 15) is 4.79 Å². The van der Waals surface area contributed by atoms with Crippen LogP contribution in [0.5, 0.6) is 0 Å². The third-order valence-corrected chi connectivity index (χ3v) is 5.41. The summed E-state index contributed by atoms with van der Waals surface area (Å²) < 4.78 is 5.91. The summed E-state index contributed by atoms with van der Waals surface area (Å²) >= 11 is 0. The van der Waals surface area contributed by atoms with E-state index < -0.39 is 0 Å². The summed E-state index contributed by atoms with van der Waals surface area (Å²) in [6.45, 7) is 5.17. The minimum Gasteiger partial charge on any atom is -0.376 e. The molecule has 6 heteroatoms. The van der Waals surface area contributed by atoms with Gasteiger partial charge in [-0.15, -0.1) is 0 Å². The Morgan fingerprint density at radius 2 is 2.12 bits per heavy atom. The highest BCUT2D eigenvalue weighted by atomic mass is 16.5. The van der Waals surface area contributed by atoms with Crippen molar-refractivity contribution in [3.05, 3.63) is 46.5 Å². The molecule has 0 radical (unpaired) electrons. The second-order valence-electron chi connectivity index (χ2n) is 7.63. The number of carbonyl (C=O) groups is 1. The lowest BCUT2D eigenvalue weighted by Gasteiger charge is -2.25. The summed E-state index contributed by atoms with van der Waals surface area (Å²) in [5, 5.41) is 7.20. The number of carbonyl (C=O) groups excluding carboxylic acids is 1. The minimum atomic E-state index is -0.0617. The number of ether oxygens (including phenoxy) is 1. The maximum absolute atomic E-state index is 13.1. The van der Waals surface area contributed by atoms with Crippen molar-refractivity contribution in [2.45, 2.75) is 51.0 Å². The van der Waals surface area contributed by atoms with E-state index in [1.54, 1.807) is 4.90 Å². The summed E-state index contributed by atoms with van der Waals surface area (Å²) in [7, 11) is 1.86. The van der Waals surface area contributed by atoms with Gasteiger partial charge < -0.3 is 9.64 Å². The lowest BCUT2D eigenvalue weighted by Crippen LogP contribution is -2.36. The highest BCUT2D eigenvalue weighted by Gasteiger charge is 2.35. The van der Waals surface area contributed by atoms with E-state index in [-0.39, 0.29) is 17.9 Å². The van der Waals surface area contributed by atoms with Crippen molar-refractivity contribution in [2.24, 2.45) is 0 Å². The molecule has 6 nitrogen and oxygen atoms in total. The van der Waals surface area contributed by atoms with Gasteiger partial charge in [-0.3, -0.25) is 9.89 Å². The van der Waals surface area contributed by atoms with Gasteiger partial charge in [0.05, 0.1) is 12.0 Å². The molecule has 0 unspecified atom stereocenters. The SMILES string of the molecule is Cc1ccc(C2CC2)c(C(=O)N(C)C[C@H]2OCC[C@H]2c2n[nH]c(C)n2)c1. The molecular formula is C20H26N4O2. The molecule has 26 heavy (non-hydrogen) atoms. The smallest absolute Gasteiger partial charge is 0.253 e. The van der Waals surface area contributed by atoms with Gasteiger partial charge in [0.25, 0.3) is 5.91 Å². The van der Waals surface area contributed by atoms with Gasteiger partial charge in [-0.2, -0.15) is 5.10 Å². The third-order valence-electron chi connectivity index (χ3n) is 5.41. The van der Waals surface area contributed by atoms with Gasteiger partial charge in [-0.25, -0.2) is 4.98 Å². The fraction of sp³-hybridized carbons (Fsp3) is 0.550. The fourth-order valence-corrected chi connectivity index (χ4v) is 3.81. The van der Waals surface area contributed by atoms with Crippen LogP contribution in [0.2, 0.25) is 0 Å². The van der Waals surface area contributed by atoms with E-state index in [0.717, 1.165) is 29.2 Å². The monoisotopic (exact) mass is 354 g/mol. The molecule has 1 N–H and O–H groups in total. The highest BCUT2D eigenvalue weighted by molar-refractivity contribution is 5.96. The molecule has 1 aliphatic carbocycles. The molecule has 1 amide bonds.